The largest absolute Gasteiger partial charge is 0.419 e. The average Bonchev–Trinajstić information content (AvgIpc) is 2.56. The Hall–Kier alpha value is -1.26. The minimum atomic E-state index is -0.339. The summed E-state index contributed by atoms with van der Waals surface area (Å²) in [6.07, 6.45) is 1.75. The number of unbranched alkanes of at least 4 members (excludes halogenated alkanes) is 1. The van der Waals surface area contributed by atoms with Gasteiger partial charge in [0.15, 0.2) is 5.58 Å². The molecule has 0 amide bonds. The molecule has 2 N–H and O–H groups in total. The summed E-state index contributed by atoms with van der Waals surface area (Å²) < 4.78 is 6.70. The first-order chi connectivity index (χ1) is 7.72. The number of hydrogen-bond acceptors (Lipinski definition) is 3. The summed E-state index contributed by atoms with van der Waals surface area (Å²) >= 11 is 5.88. The molecule has 86 valence electrons. The Labute approximate surface area is 97.6 Å². The van der Waals surface area contributed by atoms with Crippen LogP contribution in [0, 0.1) is 0 Å². The van der Waals surface area contributed by atoms with Crippen molar-refractivity contribution >= 4 is 22.7 Å². The maximum absolute atomic E-state index is 11.6. The first kappa shape index (κ1) is 11.2. The molecule has 1 heterocycles. The lowest BCUT2D eigenvalue weighted by atomic mass is 10.3. The van der Waals surface area contributed by atoms with E-state index in [9.17, 15) is 4.79 Å². The van der Waals surface area contributed by atoms with Gasteiger partial charge >= 0.3 is 5.76 Å². The fraction of sp³-hybridized carbons (Fsp3) is 0.364. The molecule has 1 aromatic heterocycles. The monoisotopic (exact) mass is 240 g/mol. The van der Waals surface area contributed by atoms with Crippen molar-refractivity contribution in [2.75, 3.05) is 6.54 Å². The molecule has 0 unspecified atom stereocenters. The SMILES string of the molecule is NCCCCn1c(=O)oc2ccc(Cl)cc21. The Morgan fingerprint density at radius 3 is 2.94 bits per heavy atom. The van der Waals surface area contributed by atoms with Crippen LogP contribution in [0.15, 0.2) is 27.4 Å². The molecule has 0 saturated heterocycles. The van der Waals surface area contributed by atoms with Gasteiger partial charge in [-0.05, 0) is 37.6 Å². The van der Waals surface area contributed by atoms with E-state index in [1.165, 1.54) is 0 Å². The van der Waals surface area contributed by atoms with E-state index in [1.54, 1.807) is 22.8 Å². The van der Waals surface area contributed by atoms with Gasteiger partial charge < -0.3 is 10.2 Å². The van der Waals surface area contributed by atoms with E-state index in [2.05, 4.69) is 0 Å². The van der Waals surface area contributed by atoms with E-state index in [1.807, 2.05) is 0 Å². The highest BCUT2D eigenvalue weighted by atomic mass is 35.5. The lowest BCUT2D eigenvalue weighted by molar-refractivity contribution is 0.493. The summed E-state index contributed by atoms with van der Waals surface area (Å²) in [7, 11) is 0. The highest BCUT2D eigenvalue weighted by molar-refractivity contribution is 6.31. The van der Waals surface area contributed by atoms with Crippen LogP contribution in [0.5, 0.6) is 0 Å². The lowest BCUT2D eigenvalue weighted by Crippen LogP contribution is -2.14. The Balaban J connectivity index is 2.38. The highest BCUT2D eigenvalue weighted by Gasteiger charge is 2.08. The van der Waals surface area contributed by atoms with E-state index in [-0.39, 0.29) is 5.76 Å². The molecule has 0 aliphatic carbocycles. The molecule has 0 aliphatic heterocycles. The first-order valence-corrected chi connectivity index (χ1v) is 5.59. The van der Waals surface area contributed by atoms with Gasteiger partial charge in [0, 0.05) is 11.6 Å². The quantitative estimate of drug-likeness (QED) is 0.832. The van der Waals surface area contributed by atoms with Gasteiger partial charge in [-0.3, -0.25) is 4.57 Å². The third kappa shape index (κ3) is 2.13. The molecular weight excluding hydrogens is 228 g/mol. The second kappa shape index (κ2) is 4.72. The molecule has 0 atom stereocenters. The second-order valence-electron chi connectivity index (χ2n) is 3.63. The van der Waals surface area contributed by atoms with Crippen molar-refractivity contribution < 1.29 is 4.42 Å². The topological polar surface area (TPSA) is 61.2 Å². The molecule has 0 radical (unpaired) electrons. The zero-order valence-corrected chi connectivity index (χ0v) is 9.54. The number of hydrogen-bond donors (Lipinski definition) is 1. The van der Waals surface area contributed by atoms with Gasteiger partial charge in [-0.2, -0.15) is 0 Å². The van der Waals surface area contributed by atoms with Crippen LogP contribution in [-0.2, 0) is 6.54 Å². The number of aromatic nitrogens is 1. The predicted octanol–water partition coefficient (Wildman–Crippen LogP) is 1.99. The second-order valence-corrected chi connectivity index (χ2v) is 4.06. The Morgan fingerprint density at radius 1 is 1.38 bits per heavy atom. The van der Waals surface area contributed by atoms with Gasteiger partial charge in [-0.1, -0.05) is 11.6 Å². The van der Waals surface area contributed by atoms with Crippen molar-refractivity contribution in [1.29, 1.82) is 0 Å². The summed E-state index contributed by atoms with van der Waals surface area (Å²) in [6, 6.07) is 5.15. The van der Waals surface area contributed by atoms with Gasteiger partial charge in [0.2, 0.25) is 0 Å². The maximum Gasteiger partial charge on any atom is 0.419 e. The molecule has 5 heteroatoms. The van der Waals surface area contributed by atoms with Crippen LogP contribution < -0.4 is 11.5 Å². The van der Waals surface area contributed by atoms with Gasteiger partial charge in [0.05, 0.1) is 5.52 Å². The summed E-state index contributed by atoms with van der Waals surface area (Å²) in [5.41, 5.74) is 6.73. The van der Waals surface area contributed by atoms with Crippen LogP contribution in [0.2, 0.25) is 5.02 Å². The zero-order valence-electron chi connectivity index (χ0n) is 8.78. The number of oxazole rings is 1. The molecule has 2 rings (SSSR count). The van der Waals surface area contributed by atoms with E-state index >= 15 is 0 Å². The summed E-state index contributed by atoms with van der Waals surface area (Å²) in [5, 5.41) is 0.598. The average molecular weight is 241 g/mol. The van der Waals surface area contributed by atoms with Gasteiger partial charge in [-0.15, -0.1) is 0 Å². The van der Waals surface area contributed by atoms with Crippen molar-refractivity contribution in [3.8, 4) is 0 Å². The highest BCUT2D eigenvalue weighted by Crippen LogP contribution is 2.18. The minimum Gasteiger partial charge on any atom is -0.408 e. The van der Waals surface area contributed by atoms with Gasteiger partial charge in [0.25, 0.3) is 0 Å². The smallest absolute Gasteiger partial charge is 0.408 e. The van der Waals surface area contributed by atoms with E-state index in [0.717, 1.165) is 18.4 Å². The van der Waals surface area contributed by atoms with Crippen molar-refractivity contribution in [2.45, 2.75) is 19.4 Å². The molecule has 0 saturated carbocycles. The number of aryl methyl sites for hydroxylation is 1. The Morgan fingerprint density at radius 2 is 2.19 bits per heavy atom. The number of nitrogens with zero attached hydrogens (tertiary/aromatic N) is 1. The normalized spacial score (nSPS) is 11.1. The third-order valence-electron chi connectivity index (χ3n) is 2.47. The number of fused-ring (bicyclic) bond motifs is 1. The number of rotatable bonds is 4. The summed E-state index contributed by atoms with van der Waals surface area (Å²) in [5.74, 6) is -0.339. The predicted molar refractivity (Wildman–Crippen MR) is 63.8 cm³/mol. The van der Waals surface area contributed by atoms with Crippen molar-refractivity contribution in [1.82, 2.24) is 4.57 Å². The molecule has 4 nitrogen and oxygen atoms in total. The standard InChI is InChI=1S/C11H13ClN2O2/c12-8-3-4-10-9(7-8)14(11(15)16-10)6-2-1-5-13/h3-4,7H,1-2,5-6,13H2. The van der Waals surface area contributed by atoms with Crippen LogP contribution in [-0.4, -0.2) is 11.1 Å². The number of benzene rings is 1. The molecule has 2 aromatic rings. The van der Waals surface area contributed by atoms with Gasteiger partial charge in [0.1, 0.15) is 0 Å². The van der Waals surface area contributed by atoms with E-state index in [0.29, 0.717) is 23.7 Å². The molecule has 0 aliphatic rings. The van der Waals surface area contributed by atoms with Crippen LogP contribution in [0.4, 0.5) is 0 Å². The number of nitrogens with two attached hydrogens (primary N) is 1. The zero-order chi connectivity index (χ0) is 11.5. The minimum absolute atomic E-state index is 0.339. The van der Waals surface area contributed by atoms with E-state index < -0.39 is 0 Å². The molecule has 0 spiro atoms. The van der Waals surface area contributed by atoms with Crippen LogP contribution in [0.3, 0.4) is 0 Å². The molecule has 0 bridgehead atoms. The maximum atomic E-state index is 11.6. The van der Waals surface area contributed by atoms with E-state index in [4.69, 9.17) is 21.8 Å². The molecular formula is C11H13ClN2O2. The van der Waals surface area contributed by atoms with Crippen LogP contribution in [0.1, 0.15) is 12.8 Å². The molecule has 1 aromatic carbocycles. The molecule has 0 fully saturated rings. The van der Waals surface area contributed by atoms with Gasteiger partial charge in [-0.25, -0.2) is 4.79 Å². The lowest BCUT2D eigenvalue weighted by Gasteiger charge is -2.00. The molecule has 16 heavy (non-hydrogen) atoms. The fourth-order valence-corrected chi connectivity index (χ4v) is 1.83. The Bertz CT molecular complexity index is 544. The summed E-state index contributed by atoms with van der Waals surface area (Å²) in [4.78, 5) is 11.6. The Kier molecular flexibility index (Phi) is 3.31. The van der Waals surface area contributed by atoms with Crippen LogP contribution >= 0.6 is 11.6 Å². The summed E-state index contributed by atoms with van der Waals surface area (Å²) in [6.45, 7) is 1.24. The first-order valence-electron chi connectivity index (χ1n) is 5.21. The number of halogens is 1. The van der Waals surface area contributed by atoms with Crippen molar-refractivity contribution in [2.24, 2.45) is 5.73 Å². The third-order valence-corrected chi connectivity index (χ3v) is 2.70. The fourth-order valence-electron chi connectivity index (χ4n) is 1.66. The van der Waals surface area contributed by atoms with Crippen LogP contribution in [0.25, 0.3) is 11.1 Å². The van der Waals surface area contributed by atoms with Crippen molar-refractivity contribution in [3.63, 3.8) is 0 Å². The van der Waals surface area contributed by atoms with Crippen molar-refractivity contribution in [3.05, 3.63) is 33.8 Å².